The molecular formula is C22H27FIN7. The summed E-state index contributed by atoms with van der Waals surface area (Å²) < 4.78 is 15.1. The molecule has 3 aromatic rings. The van der Waals surface area contributed by atoms with Gasteiger partial charge in [-0.1, -0.05) is 6.07 Å². The maximum Gasteiger partial charge on any atom is 0.194 e. The molecule has 1 fully saturated rings. The first kappa shape index (κ1) is 23.0. The van der Waals surface area contributed by atoms with Gasteiger partial charge in [-0.3, -0.25) is 9.56 Å². The summed E-state index contributed by atoms with van der Waals surface area (Å²) in [7, 11) is 1.80. The van der Waals surface area contributed by atoms with E-state index >= 15 is 0 Å². The summed E-state index contributed by atoms with van der Waals surface area (Å²) in [6.07, 6.45) is 5.55. The minimum atomic E-state index is -0.204. The molecule has 1 N–H and O–H groups in total. The molecule has 4 rings (SSSR count). The van der Waals surface area contributed by atoms with Crippen molar-refractivity contribution < 1.29 is 4.39 Å². The Balaban J connectivity index is 0.00000272. The number of guanidine groups is 1. The maximum atomic E-state index is 13.1. The number of nitrogens with one attached hydrogen (secondary N) is 1. The number of halogens is 2. The van der Waals surface area contributed by atoms with E-state index in [-0.39, 0.29) is 29.8 Å². The van der Waals surface area contributed by atoms with Crippen LogP contribution in [0.3, 0.4) is 0 Å². The number of pyridine rings is 1. The highest BCUT2D eigenvalue weighted by Crippen LogP contribution is 2.17. The summed E-state index contributed by atoms with van der Waals surface area (Å²) in [6, 6.07) is 10.7. The fourth-order valence-corrected chi connectivity index (χ4v) is 3.63. The topological polar surface area (TPSA) is 61.6 Å². The van der Waals surface area contributed by atoms with E-state index in [9.17, 15) is 4.39 Å². The van der Waals surface area contributed by atoms with Crippen LogP contribution in [0.25, 0.3) is 5.82 Å². The van der Waals surface area contributed by atoms with Crippen molar-refractivity contribution in [1.82, 2.24) is 24.8 Å². The molecule has 0 saturated carbocycles. The van der Waals surface area contributed by atoms with Crippen molar-refractivity contribution in [2.24, 2.45) is 4.99 Å². The summed E-state index contributed by atoms with van der Waals surface area (Å²) >= 11 is 0. The Morgan fingerprint density at radius 3 is 2.39 bits per heavy atom. The van der Waals surface area contributed by atoms with Crippen LogP contribution in [0.1, 0.15) is 11.4 Å². The predicted molar refractivity (Wildman–Crippen MR) is 132 cm³/mol. The summed E-state index contributed by atoms with van der Waals surface area (Å²) in [6.45, 7) is 6.06. The Morgan fingerprint density at radius 2 is 1.81 bits per heavy atom. The first-order valence-corrected chi connectivity index (χ1v) is 10.1. The van der Waals surface area contributed by atoms with Crippen molar-refractivity contribution in [2.75, 3.05) is 38.1 Å². The van der Waals surface area contributed by atoms with Crippen molar-refractivity contribution in [3.8, 4) is 5.82 Å². The SMILES string of the molecule is CN=C(NCc1ccc(-n2ccnc2C)nc1)N1CCN(c2ccc(F)cc2)CC1.I. The van der Waals surface area contributed by atoms with Crippen molar-refractivity contribution in [3.05, 3.63) is 72.2 Å². The van der Waals surface area contributed by atoms with Gasteiger partial charge in [-0.05, 0) is 42.8 Å². The molecule has 0 spiro atoms. The van der Waals surface area contributed by atoms with Crippen LogP contribution >= 0.6 is 24.0 Å². The summed E-state index contributed by atoms with van der Waals surface area (Å²) in [5.74, 6) is 2.44. The summed E-state index contributed by atoms with van der Waals surface area (Å²) in [4.78, 5) is 17.7. The van der Waals surface area contributed by atoms with E-state index in [1.807, 2.05) is 42.1 Å². The molecule has 7 nitrogen and oxygen atoms in total. The number of hydrogen-bond donors (Lipinski definition) is 1. The first-order chi connectivity index (χ1) is 14.6. The number of benzene rings is 1. The molecule has 0 bridgehead atoms. The van der Waals surface area contributed by atoms with Crippen molar-refractivity contribution in [2.45, 2.75) is 13.5 Å². The van der Waals surface area contributed by atoms with E-state index in [1.54, 1.807) is 13.2 Å². The Bertz CT molecular complexity index is 993. The monoisotopic (exact) mass is 535 g/mol. The Morgan fingerprint density at radius 1 is 1.06 bits per heavy atom. The van der Waals surface area contributed by atoms with Crippen molar-refractivity contribution in [3.63, 3.8) is 0 Å². The lowest BCUT2D eigenvalue weighted by Crippen LogP contribution is -2.52. The molecule has 164 valence electrons. The molecule has 0 radical (unpaired) electrons. The third-order valence-corrected chi connectivity index (χ3v) is 5.32. The molecule has 1 aliphatic rings. The second kappa shape index (κ2) is 10.6. The molecule has 1 saturated heterocycles. The van der Waals surface area contributed by atoms with Gasteiger partial charge in [0.25, 0.3) is 0 Å². The second-order valence-corrected chi connectivity index (χ2v) is 7.22. The Labute approximate surface area is 199 Å². The van der Waals surface area contributed by atoms with Gasteiger partial charge >= 0.3 is 0 Å². The number of rotatable bonds is 4. The molecule has 0 atom stereocenters. The van der Waals surface area contributed by atoms with Crippen LogP contribution in [0, 0.1) is 12.7 Å². The van der Waals surface area contributed by atoms with Gasteiger partial charge in [0.15, 0.2) is 5.96 Å². The van der Waals surface area contributed by atoms with Crippen LogP contribution in [0.15, 0.2) is 60.0 Å². The number of imidazole rings is 1. The van der Waals surface area contributed by atoms with Gasteiger partial charge in [0.05, 0.1) is 0 Å². The minimum absolute atomic E-state index is 0. The highest BCUT2D eigenvalue weighted by molar-refractivity contribution is 14.0. The normalized spacial score (nSPS) is 14.4. The predicted octanol–water partition coefficient (Wildman–Crippen LogP) is 3.23. The van der Waals surface area contributed by atoms with Crippen LogP contribution in [0.4, 0.5) is 10.1 Å². The highest BCUT2D eigenvalue weighted by Gasteiger charge is 2.19. The number of anilines is 1. The third kappa shape index (κ3) is 5.52. The van der Waals surface area contributed by atoms with Gasteiger partial charge in [-0.15, -0.1) is 24.0 Å². The second-order valence-electron chi connectivity index (χ2n) is 7.22. The zero-order valence-electron chi connectivity index (χ0n) is 17.7. The molecule has 0 amide bonds. The zero-order valence-corrected chi connectivity index (χ0v) is 20.0. The third-order valence-electron chi connectivity index (χ3n) is 5.32. The first-order valence-electron chi connectivity index (χ1n) is 10.1. The smallest absolute Gasteiger partial charge is 0.194 e. The fraction of sp³-hybridized carbons (Fsp3) is 0.318. The van der Waals surface area contributed by atoms with E-state index in [0.717, 1.165) is 55.0 Å². The average molecular weight is 535 g/mol. The molecule has 1 aromatic carbocycles. The highest BCUT2D eigenvalue weighted by atomic mass is 127. The number of aliphatic imine (C=N–C) groups is 1. The number of aryl methyl sites for hydroxylation is 1. The van der Waals surface area contributed by atoms with E-state index < -0.39 is 0 Å². The van der Waals surface area contributed by atoms with Crippen LogP contribution in [-0.4, -0.2) is 58.6 Å². The Kier molecular flexibility index (Phi) is 7.83. The van der Waals surface area contributed by atoms with Crippen LogP contribution in [0.2, 0.25) is 0 Å². The standard InChI is InChI=1S/C22H26FN7.HI/c1-17-25-9-10-30(17)21-8-3-18(15-26-21)16-27-22(24-2)29-13-11-28(12-14-29)20-6-4-19(23)5-7-20;/h3-10,15H,11-14,16H2,1-2H3,(H,24,27);1H. The average Bonchev–Trinajstić information content (AvgIpc) is 3.21. The van der Waals surface area contributed by atoms with Crippen molar-refractivity contribution in [1.29, 1.82) is 0 Å². The van der Waals surface area contributed by atoms with Crippen LogP contribution in [-0.2, 0) is 6.54 Å². The Hall–Kier alpha value is -2.69. The molecule has 0 unspecified atom stereocenters. The fourth-order valence-electron chi connectivity index (χ4n) is 3.63. The van der Waals surface area contributed by atoms with Gasteiger partial charge in [0.2, 0.25) is 0 Å². The van der Waals surface area contributed by atoms with Crippen molar-refractivity contribution >= 4 is 35.6 Å². The number of hydrogen-bond acceptors (Lipinski definition) is 4. The molecule has 1 aliphatic heterocycles. The van der Waals surface area contributed by atoms with Crippen LogP contribution < -0.4 is 10.2 Å². The van der Waals surface area contributed by atoms with Gasteiger partial charge in [-0.2, -0.15) is 0 Å². The minimum Gasteiger partial charge on any atom is -0.368 e. The lowest BCUT2D eigenvalue weighted by Gasteiger charge is -2.37. The molecule has 31 heavy (non-hydrogen) atoms. The number of nitrogens with zero attached hydrogens (tertiary/aromatic N) is 6. The van der Waals surface area contributed by atoms with E-state index in [1.165, 1.54) is 12.1 Å². The molecule has 9 heteroatoms. The number of aromatic nitrogens is 3. The van der Waals surface area contributed by atoms with Crippen LogP contribution in [0.5, 0.6) is 0 Å². The quantitative estimate of drug-likeness (QED) is 0.316. The molecule has 2 aromatic heterocycles. The number of piperazine rings is 1. The summed E-state index contributed by atoms with van der Waals surface area (Å²) in [5.41, 5.74) is 2.14. The van der Waals surface area contributed by atoms with Gasteiger partial charge in [0.1, 0.15) is 17.5 Å². The lowest BCUT2D eigenvalue weighted by atomic mass is 10.2. The molecule has 3 heterocycles. The van der Waals surface area contributed by atoms with Gasteiger partial charge in [0, 0.05) is 64.0 Å². The van der Waals surface area contributed by atoms with Gasteiger partial charge < -0.3 is 15.1 Å². The largest absolute Gasteiger partial charge is 0.368 e. The maximum absolute atomic E-state index is 13.1. The van der Waals surface area contributed by atoms with E-state index in [2.05, 4.69) is 36.1 Å². The summed E-state index contributed by atoms with van der Waals surface area (Å²) in [5, 5.41) is 3.43. The zero-order chi connectivity index (χ0) is 20.9. The van der Waals surface area contributed by atoms with E-state index in [0.29, 0.717) is 6.54 Å². The van der Waals surface area contributed by atoms with E-state index in [4.69, 9.17) is 0 Å². The van der Waals surface area contributed by atoms with Gasteiger partial charge in [-0.25, -0.2) is 14.4 Å². The lowest BCUT2D eigenvalue weighted by molar-refractivity contribution is 0.372. The molecule has 0 aliphatic carbocycles. The molecular weight excluding hydrogens is 508 g/mol.